The molecular formula is C11H18F3NO3. The van der Waals surface area contributed by atoms with E-state index in [1.165, 1.54) is 0 Å². The molecule has 0 amide bonds. The highest BCUT2D eigenvalue weighted by atomic mass is 19.4. The zero-order valence-electron chi connectivity index (χ0n) is 10.3. The maximum absolute atomic E-state index is 11.8. The zero-order chi connectivity index (χ0) is 13.6. The third-order valence-corrected chi connectivity index (χ3v) is 2.80. The summed E-state index contributed by atoms with van der Waals surface area (Å²) in [6, 6.07) is 0. The van der Waals surface area contributed by atoms with Crippen molar-refractivity contribution in [3.05, 3.63) is 0 Å². The lowest BCUT2D eigenvalue weighted by Gasteiger charge is -2.31. The van der Waals surface area contributed by atoms with Crippen molar-refractivity contribution in [2.45, 2.75) is 26.1 Å². The van der Waals surface area contributed by atoms with Gasteiger partial charge in [0.05, 0.1) is 19.1 Å². The van der Waals surface area contributed by atoms with Gasteiger partial charge in [0.25, 0.3) is 0 Å². The largest absolute Gasteiger partial charge is 0.522 e. The molecule has 1 aliphatic rings. The van der Waals surface area contributed by atoms with E-state index in [0.29, 0.717) is 19.7 Å². The van der Waals surface area contributed by atoms with Gasteiger partial charge in [0.15, 0.2) is 0 Å². The lowest BCUT2D eigenvalue weighted by molar-refractivity contribution is -0.325. The quantitative estimate of drug-likeness (QED) is 0.713. The fourth-order valence-electron chi connectivity index (χ4n) is 2.00. The molecule has 0 aromatic rings. The Labute approximate surface area is 104 Å². The van der Waals surface area contributed by atoms with Gasteiger partial charge in [0, 0.05) is 13.1 Å². The van der Waals surface area contributed by atoms with Gasteiger partial charge in [0.2, 0.25) is 0 Å². The highest BCUT2D eigenvalue weighted by molar-refractivity contribution is 5.72. The summed E-state index contributed by atoms with van der Waals surface area (Å²) >= 11 is 0. The van der Waals surface area contributed by atoms with E-state index in [0.717, 1.165) is 12.8 Å². The molecule has 7 heteroatoms. The average molecular weight is 269 g/mol. The SMILES string of the molecule is CCOC(=O)C1CCCN(CCOC(F)(F)F)C1. The van der Waals surface area contributed by atoms with Crippen molar-refractivity contribution in [1.29, 1.82) is 0 Å². The Morgan fingerprint density at radius 1 is 1.44 bits per heavy atom. The van der Waals surface area contributed by atoms with E-state index < -0.39 is 13.0 Å². The molecule has 0 aliphatic carbocycles. The first kappa shape index (κ1) is 15.2. The first-order valence-corrected chi connectivity index (χ1v) is 6.02. The molecular weight excluding hydrogens is 251 g/mol. The van der Waals surface area contributed by atoms with Crippen LogP contribution < -0.4 is 0 Å². The second-order valence-corrected chi connectivity index (χ2v) is 4.19. The number of nitrogens with zero attached hydrogens (tertiary/aromatic N) is 1. The van der Waals surface area contributed by atoms with Crippen LogP contribution >= 0.6 is 0 Å². The highest BCUT2D eigenvalue weighted by Gasteiger charge is 2.30. The number of hydrogen-bond acceptors (Lipinski definition) is 4. The molecule has 18 heavy (non-hydrogen) atoms. The Kier molecular flexibility index (Phi) is 5.87. The number of esters is 1. The maximum atomic E-state index is 11.8. The van der Waals surface area contributed by atoms with Crippen LogP contribution in [0, 0.1) is 5.92 Å². The van der Waals surface area contributed by atoms with Crippen LogP contribution in [-0.4, -0.2) is 50.1 Å². The van der Waals surface area contributed by atoms with Gasteiger partial charge in [0.1, 0.15) is 0 Å². The van der Waals surface area contributed by atoms with Gasteiger partial charge < -0.3 is 9.64 Å². The second kappa shape index (κ2) is 6.94. The van der Waals surface area contributed by atoms with Gasteiger partial charge in [-0.05, 0) is 26.3 Å². The Morgan fingerprint density at radius 3 is 2.78 bits per heavy atom. The first-order valence-electron chi connectivity index (χ1n) is 6.02. The monoisotopic (exact) mass is 269 g/mol. The van der Waals surface area contributed by atoms with Crippen molar-refractivity contribution in [2.24, 2.45) is 5.92 Å². The van der Waals surface area contributed by atoms with E-state index in [2.05, 4.69) is 4.74 Å². The Morgan fingerprint density at radius 2 is 2.17 bits per heavy atom. The lowest BCUT2D eigenvalue weighted by Crippen LogP contribution is -2.41. The molecule has 1 saturated heterocycles. The minimum Gasteiger partial charge on any atom is -0.466 e. The molecule has 0 aromatic carbocycles. The number of rotatable bonds is 5. The van der Waals surface area contributed by atoms with Crippen molar-refractivity contribution >= 4 is 5.97 Å². The zero-order valence-corrected chi connectivity index (χ0v) is 10.3. The fraction of sp³-hybridized carbons (Fsp3) is 0.909. The van der Waals surface area contributed by atoms with Crippen LogP contribution in [-0.2, 0) is 14.3 Å². The molecule has 0 radical (unpaired) electrons. The van der Waals surface area contributed by atoms with Crippen LogP contribution in [0.4, 0.5) is 13.2 Å². The van der Waals surface area contributed by atoms with Crippen LogP contribution in [0.3, 0.4) is 0 Å². The topological polar surface area (TPSA) is 38.8 Å². The van der Waals surface area contributed by atoms with Crippen LogP contribution in [0.1, 0.15) is 19.8 Å². The Balaban J connectivity index is 2.28. The summed E-state index contributed by atoms with van der Waals surface area (Å²) in [6.45, 7) is 2.97. The van der Waals surface area contributed by atoms with Crippen LogP contribution in [0.5, 0.6) is 0 Å². The number of alkyl halides is 3. The summed E-state index contributed by atoms with van der Waals surface area (Å²) in [6.07, 6.45) is -3.07. The number of likely N-dealkylation sites (tertiary alicyclic amines) is 1. The molecule has 1 unspecified atom stereocenters. The van der Waals surface area contributed by atoms with Crippen LogP contribution in [0.15, 0.2) is 0 Å². The average Bonchev–Trinajstić information content (AvgIpc) is 2.28. The molecule has 1 rings (SSSR count). The molecule has 0 bridgehead atoms. The van der Waals surface area contributed by atoms with Crippen LogP contribution in [0.25, 0.3) is 0 Å². The molecule has 0 aromatic heterocycles. The second-order valence-electron chi connectivity index (χ2n) is 4.19. The molecule has 1 fully saturated rings. The van der Waals surface area contributed by atoms with Gasteiger partial charge >= 0.3 is 12.3 Å². The minimum atomic E-state index is -4.59. The maximum Gasteiger partial charge on any atom is 0.522 e. The molecule has 1 heterocycles. The van der Waals surface area contributed by atoms with Gasteiger partial charge in [-0.15, -0.1) is 13.2 Å². The molecule has 1 aliphatic heterocycles. The van der Waals surface area contributed by atoms with Crippen molar-refractivity contribution in [3.63, 3.8) is 0 Å². The first-order chi connectivity index (χ1) is 8.42. The van der Waals surface area contributed by atoms with Gasteiger partial charge in [-0.25, -0.2) is 0 Å². The third-order valence-electron chi connectivity index (χ3n) is 2.80. The molecule has 0 spiro atoms. The third kappa shape index (κ3) is 5.68. The Hall–Kier alpha value is -0.820. The number of halogens is 3. The van der Waals surface area contributed by atoms with E-state index >= 15 is 0 Å². The summed E-state index contributed by atoms with van der Waals surface area (Å²) in [5, 5.41) is 0. The molecule has 0 N–H and O–H groups in total. The molecule has 0 saturated carbocycles. The summed E-state index contributed by atoms with van der Waals surface area (Å²) in [4.78, 5) is 13.3. The fourth-order valence-corrected chi connectivity index (χ4v) is 2.00. The van der Waals surface area contributed by atoms with Gasteiger partial charge in [-0.1, -0.05) is 0 Å². The predicted molar refractivity (Wildman–Crippen MR) is 57.8 cm³/mol. The normalized spacial score (nSPS) is 21.9. The molecule has 4 nitrogen and oxygen atoms in total. The Bertz CT molecular complexity index is 271. The number of carbonyl (C=O) groups excluding carboxylic acids is 1. The van der Waals surface area contributed by atoms with Crippen molar-refractivity contribution in [1.82, 2.24) is 4.90 Å². The number of ether oxygens (including phenoxy) is 2. The number of carbonyl (C=O) groups is 1. The lowest BCUT2D eigenvalue weighted by atomic mass is 9.98. The van der Waals surface area contributed by atoms with E-state index in [1.54, 1.807) is 11.8 Å². The van der Waals surface area contributed by atoms with E-state index in [4.69, 9.17) is 4.74 Å². The van der Waals surface area contributed by atoms with E-state index in [-0.39, 0.29) is 18.4 Å². The molecule has 1 atom stereocenters. The van der Waals surface area contributed by atoms with E-state index in [9.17, 15) is 18.0 Å². The standard InChI is InChI=1S/C11H18F3NO3/c1-2-17-10(16)9-4-3-5-15(8-9)6-7-18-11(12,13)14/h9H,2-8H2,1H3. The number of hydrogen-bond donors (Lipinski definition) is 0. The van der Waals surface area contributed by atoms with Crippen LogP contribution in [0.2, 0.25) is 0 Å². The smallest absolute Gasteiger partial charge is 0.466 e. The highest BCUT2D eigenvalue weighted by Crippen LogP contribution is 2.19. The van der Waals surface area contributed by atoms with Crippen molar-refractivity contribution < 1.29 is 27.4 Å². The molecule has 106 valence electrons. The predicted octanol–water partition coefficient (Wildman–Crippen LogP) is 1.80. The summed E-state index contributed by atoms with van der Waals surface area (Å²) in [7, 11) is 0. The summed E-state index contributed by atoms with van der Waals surface area (Å²) < 4.78 is 44.0. The van der Waals surface area contributed by atoms with Crippen molar-refractivity contribution in [2.75, 3.05) is 32.8 Å². The van der Waals surface area contributed by atoms with Gasteiger partial charge in [-0.3, -0.25) is 9.53 Å². The van der Waals surface area contributed by atoms with Gasteiger partial charge in [-0.2, -0.15) is 0 Å². The van der Waals surface area contributed by atoms with Crippen molar-refractivity contribution in [3.8, 4) is 0 Å². The summed E-state index contributed by atoms with van der Waals surface area (Å²) in [5.41, 5.74) is 0. The van der Waals surface area contributed by atoms with E-state index in [1.807, 2.05) is 0 Å². The number of piperidine rings is 1. The minimum absolute atomic E-state index is 0.176. The summed E-state index contributed by atoms with van der Waals surface area (Å²) in [5.74, 6) is -0.497.